The largest absolute Gasteiger partial charge is 0.313 e. The molecule has 0 bridgehead atoms. The van der Waals surface area contributed by atoms with Crippen LogP contribution in [0, 0.1) is 17.5 Å². The molecule has 0 aliphatic heterocycles. The molecule has 0 radical (unpaired) electrons. The van der Waals surface area contributed by atoms with Gasteiger partial charge in [0.25, 0.3) is 0 Å². The first-order valence-corrected chi connectivity index (χ1v) is 5.53. The Morgan fingerprint density at radius 2 is 2.00 bits per heavy atom. The van der Waals surface area contributed by atoms with Gasteiger partial charge in [-0.25, -0.2) is 13.2 Å². The molecule has 1 unspecified atom stereocenters. The second-order valence-corrected chi connectivity index (χ2v) is 3.83. The molecule has 1 atom stereocenters. The number of unbranched alkanes of at least 4 members (excludes halogenated alkanes) is 1. The van der Waals surface area contributed by atoms with Crippen LogP contribution in [0.15, 0.2) is 24.8 Å². The van der Waals surface area contributed by atoms with Crippen molar-refractivity contribution in [2.45, 2.75) is 25.3 Å². The molecule has 1 aromatic rings. The molecule has 0 heterocycles. The summed E-state index contributed by atoms with van der Waals surface area (Å²) in [5.41, 5.74) is 0.162. The number of hydrogen-bond donors (Lipinski definition) is 1. The Morgan fingerprint density at radius 1 is 1.29 bits per heavy atom. The lowest BCUT2D eigenvalue weighted by Gasteiger charge is -2.17. The van der Waals surface area contributed by atoms with E-state index in [0.29, 0.717) is 6.42 Å². The molecular weight excluding hydrogens is 227 g/mol. The Labute approximate surface area is 99.3 Å². The van der Waals surface area contributed by atoms with E-state index in [9.17, 15) is 13.2 Å². The molecule has 1 aromatic carbocycles. The zero-order valence-corrected chi connectivity index (χ0v) is 9.77. The highest BCUT2D eigenvalue weighted by Gasteiger charge is 2.19. The van der Waals surface area contributed by atoms with Crippen LogP contribution in [-0.4, -0.2) is 7.05 Å². The van der Waals surface area contributed by atoms with Gasteiger partial charge in [0, 0.05) is 11.6 Å². The minimum absolute atomic E-state index is 0.162. The van der Waals surface area contributed by atoms with Gasteiger partial charge >= 0.3 is 0 Å². The third-order valence-electron chi connectivity index (χ3n) is 2.69. The third kappa shape index (κ3) is 3.33. The summed E-state index contributed by atoms with van der Waals surface area (Å²) in [7, 11) is 1.67. The summed E-state index contributed by atoms with van der Waals surface area (Å²) in [6.07, 6.45) is 4.04. The minimum Gasteiger partial charge on any atom is -0.313 e. The van der Waals surface area contributed by atoms with Gasteiger partial charge in [-0.1, -0.05) is 12.1 Å². The molecule has 0 spiro atoms. The minimum atomic E-state index is -1.41. The molecule has 0 aliphatic carbocycles. The second kappa shape index (κ2) is 6.45. The first-order chi connectivity index (χ1) is 8.11. The van der Waals surface area contributed by atoms with Crippen LogP contribution >= 0.6 is 0 Å². The maximum Gasteiger partial charge on any atom is 0.194 e. The van der Waals surface area contributed by atoms with Crippen molar-refractivity contribution in [3.8, 4) is 0 Å². The summed E-state index contributed by atoms with van der Waals surface area (Å²) in [6, 6.07) is 1.92. The maximum absolute atomic E-state index is 13.5. The quantitative estimate of drug-likeness (QED) is 0.456. The van der Waals surface area contributed by atoms with Gasteiger partial charge in [-0.3, -0.25) is 0 Å². The summed E-state index contributed by atoms with van der Waals surface area (Å²) >= 11 is 0. The Bertz CT molecular complexity index is 390. The molecule has 0 saturated carbocycles. The lowest BCUT2D eigenvalue weighted by molar-refractivity contribution is 0.422. The number of hydrogen-bond acceptors (Lipinski definition) is 1. The van der Waals surface area contributed by atoms with Gasteiger partial charge in [0.05, 0.1) is 0 Å². The van der Waals surface area contributed by atoms with Crippen LogP contribution in [0.2, 0.25) is 0 Å². The zero-order valence-electron chi connectivity index (χ0n) is 9.77. The van der Waals surface area contributed by atoms with Crippen LogP contribution in [0.5, 0.6) is 0 Å². The molecule has 0 fully saturated rings. The molecule has 1 N–H and O–H groups in total. The standard InChI is InChI=1S/C13H16F3N/c1-3-4-5-6-11(17-2)9-7-8-10(14)13(16)12(9)15/h3,7-8,11,17H,1,4-6H2,2H3. The highest BCUT2D eigenvalue weighted by Crippen LogP contribution is 2.24. The zero-order chi connectivity index (χ0) is 12.8. The van der Waals surface area contributed by atoms with Crippen molar-refractivity contribution in [2.24, 2.45) is 0 Å². The molecule has 4 heteroatoms. The molecule has 0 amide bonds. The number of halogens is 3. The van der Waals surface area contributed by atoms with Crippen LogP contribution < -0.4 is 5.32 Å². The fraction of sp³-hybridized carbons (Fsp3) is 0.385. The SMILES string of the molecule is C=CCCCC(NC)c1ccc(F)c(F)c1F. The molecule has 17 heavy (non-hydrogen) atoms. The first kappa shape index (κ1) is 13.8. The van der Waals surface area contributed by atoms with E-state index in [1.54, 1.807) is 13.1 Å². The average Bonchev–Trinajstić information content (AvgIpc) is 2.33. The Balaban J connectivity index is 2.88. The van der Waals surface area contributed by atoms with Crippen molar-refractivity contribution in [2.75, 3.05) is 7.05 Å². The molecule has 0 saturated heterocycles. The molecule has 1 rings (SSSR count). The van der Waals surface area contributed by atoms with Crippen molar-refractivity contribution in [1.82, 2.24) is 5.32 Å². The summed E-state index contributed by atoms with van der Waals surface area (Å²) < 4.78 is 39.4. The van der Waals surface area contributed by atoms with Crippen LogP contribution in [-0.2, 0) is 0 Å². The van der Waals surface area contributed by atoms with E-state index >= 15 is 0 Å². The fourth-order valence-corrected chi connectivity index (χ4v) is 1.73. The van der Waals surface area contributed by atoms with Gasteiger partial charge in [0.2, 0.25) is 0 Å². The van der Waals surface area contributed by atoms with E-state index in [1.165, 1.54) is 6.07 Å². The summed E-state index contributed by atoms with van der Waals surface area (Å²) in [6.45, 7) is 3.60. The summed E-state index contributed by atoms with van der Waals surface area (Å²) in [4.78, 5) is 0. The van der Waals surface area contributed by atoms with Gasteiger partial charge < -0.3 is 5.32 Å². The third-order valence-corrected chi connectivity index (χ3v) is 2.69. The Hall–Kier alpha value is -1.29. The molecule has 0 aliphatic rings. The predicted octanol–water partition coefficient (Wildman–Crippen LogP) is 3.72. The smallest absolute Gasteiger partial charge is 0.194 e. The highest BCUT2D eigenvalue weighted by molar-refractivity contribution is 5.23. The number of rotatable bonds is 6. The van der Waals surface area contributed by atoms with Crippen LogP contribution in [0.3, 0.4) is 0 Å². The maximum atomic E-state index is 13.5. The number of nitrogens with one attached hydrogen (secondary N) is 1. The van der Waals surface area contributed by atoms with E-state index in [-0.39, 0.29) is 11.6 Å². The molecule has 94 valence electrons. The number of allylic oxidation sites excluding steroid dienone is 1. The van der Waals surface area contributed by atoms with Gasteiger partial charge in [0.15, 0.2) is 17.5 Å². The van der Waals surface area contributed by atoms with Crippen molar-refractivity contribution in [3.63, 3.8) is 0 Å². The molecular formula is C13H16F3N. The van der Waals surface area contributed by atoms with Gasteiger partial charge in [-0.05, 0) is 32.4 Å². The monoisotopic (exact) mass is 243 g/mol. The van der Waals surface area contributed by atoms with E-state index in [1.807, 2.05) is 0 Å². The van der Waals surface area contributed by atoms with Crippen LogP contribution in [0.25, 0.3) is 0 Å². The van der Waals surface area contributed by atoms with Crippen molar-refractivity contribution in [3.05, 3.63) is 47.8 Å². The molecule has 0 aromatic heterocycles. The lowest BCUT2D eigenvalue weighted by atomic mass is 10.00. The van der Waals surface area contributed by atoms with Crippen molar-refractivity contribution >= 4 is 0 Å². The first-order valence-electron chi connectivity index (χ1n) is 5.53. The van der Waals surface area contributed by atoms with E-state index in [2.05, 4.69) is 11.9 Å². The summed E-state index contributed by atoms with van der Waals surface area (Å²) in [5, 5.41) is 2.90. The second-order valence-electron chi connectivity index (χ2n) is 3.83. The predicted molar refractivity (Wildman–Crippen MR) is 62.2 cm³/mol. The van der Waals surface area contributed by atoms with Gasteiger partial charge in [0.1, 0.15) is 0 Å². The van der Waals surface area contributed by atoms with E-state index in [4.69, 9.17) is 0 Å². The number of benzene rings is 1. The van der Waals surface area contributed by atoms with Gasteiger partial charge in [-0.15, -0.1) is 6.58 Å². The Morgan fingerprint density at radius 3 is 2.59 bits per heavy atom. The van der Waals surface area contributed by atoms with E-state index < -0.39 is 17.5 Å². The highest BCUT2D eigenvalue weighted by atomic mass is 19.2. The topological polar surface area (TPSA) is 12.0 Å². The van der Waals surface area contributed by atoms with Crippen molar-refractivity contribution in [1.29, 1.82) is 0 Å². The lowest BCUT2D eigenvalue weighted by Crippen LogP contribution is -2.18. The summed E-state index contributed by atoms with van der Waals surface area (Å²) in [5.74, 6) is -3.68. The van der Waals surface area contributed by atoms with Crippen LogP contribution in [0.4, 0.5) is 13.2 Å². The van der Waals surface area contributed by atoms with Gasteiger partial charge in [-0.2, -0.15) is 0 Å². The molecule has 1 nitrogen and oxygen atoms in total. The van der Waals surface area contributed by atoms with Crippen LogP contribution in [0.1, 0.15) is 30.9 Å². The fourth-order valence-electron chi connectivity index (χ4n) is 1.73. The Kier molecular flexibility index (Phi) is 5.22. The average molecular weight is 243 g/mol. The van der Waals surface area contributed by atoms with E-state index in [0.717, 1.165) is 18.9 Å². The van der Waals surface area contributed by atoms with Crippen molar-refractivity contribution < 1.29 is 13.2 Å². The normalized spacial score (nSPS) is 12.5.